The molecule has 11 heteroatoms. The molecule has 0 radical (unpaired) electrons. The lowest BCUT2D eigenvalue weighted by molar-refractivity contribution is -0.248. The third-order valence-corrected chi connectivity index (χ3v) is 2.90. The van der Waals surface area contributed by atoms with Gasteiger partial charge in [0.2, 0.25) is 5.91 Å². The van der Waals surface area contributed by atoms with E-state index in [0.29, 0.717) is 0 Å². The summed E-state index contributed by atoms with van der Waals surface area (Å²) in [5.41, 5.74) is 0. The summed E-state index contributed by atoms with van der Waals surface area (Å²) in [6.07, 6.45) is -6.73. The molecule has 1 unspecified atom stereocenters. The van der Waals surface area contributed by atoms with Crippen molar-refractivity contribution in [1.82, 2.24) is 5.32 Å². The number of carbonyl (C=O) groups is 1. The number of aliphatic hydroxyl groups is 3. The van der Waals surface area contributed by atoms with E-state index in [-0.39, 0.29) is 0 Å². The minimum absolute atomic E-state index is 0.691. The summed E-state index contributed by atoms with van der Waals surface area (Å²) in [7, 11) is -4.96. The quantitative estimate of drug-likeness (QED) is 0.335. The molecule has 0 aromatic heterocycles. The minimum atomic E-state index is -4.96. The number of rotatable bonds is 4. The average Bonchev–Trinajstić information content (AvgIpc) is 2.35. The van der Waals surface area contributed by atoms with E-state index in [0.717, 1.165) is 0 Å². The molecular formula is C8H15NO9S. The molecule has 1 aliphatic heterocycles. The van der Waals surface area contributed by atoms with Crippen molar-refractivity contribution in [2.75, 3.05) is 6.61 Å². The molecule has 0 spiro atoms. The van der Waals surface area contributed by atoms with Crippen LogP contribution in [0.3, 0.4) is 0 Å². The van der Waals surface area contributed by atoms with E-state index in [1.807, 2.05) is 5.32 Å². The van der Waals surface area contributed by atoms with Gasteiger partial charge in [0.25, 0.3) is 0 Å². The van der Waals surface area contributed by atoms with Crippen LogP contribution in [-0.2, 0) is 24.1 Å². The lowest BCUT2D eigenvalue weighted by Gasteiger charge is -2.41. The summed E-state index contributed by atoms with van der Waals surface area (Å²) in [6.45, 7) is -1.50. The number of carbonyl (C=O) groups excluding carboxylic acids is 1. The summed E-state index contributed by atoms with van der Waals surface area (Å²) in [5.74, 6) is -0.857. The molecule has 0 aliphatic carbocycles. The fourth-order valence-electron chi connectivity index (χ4n) is 1.68. The van der Waals surface area contributed by atoms with Crippen LogP contribution in [0.4, 0.5) is 0 Å². The zero-order chi connectivity index (χ0) is 15.5. The van der Waals surface area contributed by atoms with Crippen LogP contribution < -0.4 is 5.32 Å². The first kappa shape index (κ1) is 14.6. The van der Waals surface area contributed by atoms with Crippen LogP contribution in [-0.4, -0.2) is 71.4 Å². The fraction of sp³-hybridized carbons (Fsp3) is 0.875. The average molecular weight is 302 g/mol. The lowest BCUT2D eigenvalue weighted by atomic mass is 9.97. The van der Waals surface area contributed by atoms with Gasteiger partial charge in [-0.1, -0.05) is 0 Å². The van der Waals surface area contributed by atoms with Crippen molar-refractivity contribution in [3.8, 4) is 0 Å². The molecule has 19 heavy (non-hydrogen) atoms. The van der Waals surface area contributed by atoms with Crippen LogP contribution in [0.15, 0.2) is 0 Å². The van der Waals surface area contributed by atoms with Crippen molar-refractivity contribution >= 4 is 16.3 Å². The maximum Gasteiger partial charge on any atom is 0.397 e. The molecule has 5 atom stereocenters. The minimum Gasteiger partial charge on any atom is -0.394 e. The SMILES string of the molecule is [2H]CC(=O)N[C@H]1C(O)O[C@H](CO)[C@@H](OS(=O)(=O)O)[C@@H]1O. The number of amides is 1. The van der Waals surface area contributed by atoms with Gasteiger partial charge in [0.15, 0.2) is 6.29 Å². The Bertz CT molecular complexity index is 443. The molecule has 1 fully saturated rings. The topological polar surface area (TPSA) is 163 Å². The molecule has 1 heterocycles. The first-order valence-electron chi connectivity index (χ1n) is 5.77. The Morgan fingerprint density at radius 1 is 1.53 bits per heavy atom. The van der Waals surface area contributed by atoms with Gasteiger partial charge in [0.05, 0.1) is 6.61 Å². The first-order valence-corrected chi connectivity index (χ1v) is 6.43. The predicted octanol–water partition coefficient (Wildman–Crippen LogP) is -3.25. The smallest absolute Gasteiger partial charge is 0.394 e. The van der Waals surface area contributed by atoms with Gasteiger partial charge in [-0.3, -0.25) is 9.35 Å². The molecular weight excluding hydrogens is 286 g/mol. The highest BCUT2D eigenvalue weighted by Crippen LogP contribution is 2.23. The Kier molecular flexibility index (Phi) is 4.67. The van der Waals surface area contributed by atoms with Gasteiger partial charge >= 0.3 is 10.4 Å². The maximum atomic E-state index is 11.1. The molecule has 0 saturated carbocycles. The highest BCUT2D eigenvalue weighted by atomic mass is 32.3. The van der Waals surface area contributed by atoms with E-state index in [2.05, 4.69) is 4.18 Å². The number of ether oxygens (including phenoxy) is 1. The second-order valence-electron chi connectivity index (χ2n) is 3.82. The lowest BCUT2D eigenvalue weighted by Crippen LogP contribution is -2.64. The Morgan fingerprint density at radius 3 is 2.63 bits per heavy atom. The monoisotopic (exact) mass is 302 g/mol. The second-order valence-corrected chi connectivity index (χ2v) is 4.87. The number of hydrogen-bond donors (Lipinski definition) is 5. The number of aliphatic hydroxyl groups excluding tert-OH is 3. The molecule has 112 valence electrons. The Hall–Kier alpha value is -0.820. The largest absolute Gasteiger partial charge is 0.397 e. The zero-order valence-electron chi connectivity index (χ0n) is 10.5. The summed E-state index contributed by atoms with van der Waals surface area (Å²) < 4.78 is 45.7. The summed E-state index contributed by atoms with van der Waals surface area (Å²) in [4.78, 5) is 11.1. The number of nitrogens with one attached hydrogen (secondary N) is 1. The molecule has 1 amide bonds. The van der Waals surface area contributed by atoms with Crippen molar-refractivity contribution in [2.45, 2.75) is 37.5 Å². The van der Waals surface area contributed by atoms with Crippen LogP contribution >= 0.6 is 0 Å². The zero-order valence-corrected chi connectivity index (χ0v) is 10.4. The Morgan fingerprint density at radius 2 is 2.16 bits per heavy atom. The molecule has 5 N–H and O–H groups in total. The van der Waals surface area contributed by atoms with Crippen molar-refractivity contribution in [3.05, 3.63) is 0 Å². The highest BCUT2D eigenvalue weighted by molar-refractivity contribution is 7.80. The van der Waals surface area contributed by atoms with Gasteiger partial charge in [0.1, 0.15) is 24.4 Å². The molecule has 0 aromatic rings. The Labute approximate surface area is 110 Å². The molecule has 0 bridgehead atoms. The van der Waals surface area contributed by atoms with Crippen molar-refractivity contribution in [2.24, 2.45) is 0 Å². The first-order chi connectivity index (χ1) is 9.19. The second kappa shape index (κ2) is 6.09. The summed E-state index contributed by atoms with van der Waals surface area (Å²) in [6, 6.07) is -1.48. The Balaban J connectivity index is 2.92. The molecule has 0 aromatic carbocycles. The van der Waals surface area contributed by atoms with Gasteiger partial charge < -0.3 is 25.4 Å². The van der Waals surface area contributed by atoms with E-state index >= 15 is 0 Å². The van der Waals surface area contributed by atoms with E-state index in [1.165, 1.54) is 0 Å². The van der Waals surface area contributed by atoms with Gasteiger partial charge in [-0.2, -0.15) is 8.42 Å². The summed E-state index contributed by atoms with van der Waals surface area (Å²) >= 11 is 0. The van der Waals surface area contributed by atoms with Crippen LogP contribution in [0.2, 0.25) is 0 Å². The normalized spacial score (nSPS) is 36.6. The third-order valence-electron chi connectivity index (χ3n) is 2.43. The van der Waals surface area contributed by atoms with Crippen LogP contribution in [0, 0.1) is 0 Å². The molecule has 1 aliphatic rings. The van der Waals surface area contributed by atoms with E-state index < -0.39 is 60.5 Å². The van der Waals surface area contributed by atoms with Crippen molar-refractivity contribution in [1.29, 1.82) is 0 Å². The van der Waals surface area contributed by atoms with Crippen LogP contribution in [0.5, 0.6) is 0 Å². The van der Waals surface area contributed by atoms with E-state index in [1.54, 1.807) is 0 Å². The molecule has 1 saturated heterocycles. The van der Waals surface area contributed by atoms with E-state index in [4.69, 9.17) is 15.8 Å². The fourth-order valence-corrected chi connectivity index (χ4v) is 2.20. The molecule has 10 nitrogen and oxygen atoms in total. The standard InChI is InChI=1S/C8H15NO9S/c1-3(11)9-5-6(12)7(18-19(14,15)16)4(2-10)17-8(5)13/h4-8,10,12-13H,2H2,1H3,(H,9,11)(H,14,15,16)/t4-,5-,6-,7-,8?/m1/s1/i1D. The predicted molar refractivity (Wildman–Crippen MR) is 58.0 cm³/mol. The van der Waals surface area contributed by atoms with Crippen LogP contribution in [0.1, 0.15) is 8.27 Å². The van der Waals surface area contributed by atoms with Gasteiger partial charge in [-0.25, -0.2) is 4.18 Å². The van der Waals surface area contributed by atoms with Crippen LogP contribution in [0.25, 0.3) is 0 Å². The highest BCUT2D eigenvalue weighted by Gasteiger charge is 2.47. The van der Waals surface area contributed by atoms with E-state index in [9.17, 15) is 23.4 Å². The van der Waals surface area contributed by atoms with Crippen molar-refractivity contribution in [3.63, 3.8) is 0 Å². The summed E-state index contributed by atoms with van der Waals surface area (Å²) in [5, 5.41) is 30.5. The van der Waals surface area contributed by atoms with Gasteiger partial charge in [-0.15, -0.1) is 0 Å². The van der Waals surface area contributed by atoms with Gasteiger partial charge in [-0.05, 0) is 0 Å². The maximum absolute atomic E-state index is 11.1. The molecule has 1 rings (SSSR count). The number of hydrogen-bond acceptors (Lipinski definition) is 8. The van der Waals surface area contributed by atoms with Crippen molar-refractivity contribution < 1.29 is 43.4 Å². The third kappa shape index (κ3) is 4.35. The van der Waals surface area contributed by atoms with Gasteiger partial charge in [0, 0.05) is 8.27 Å².